The van der Waals surface area contributed by atoms with Gasteiger partial charge in [0.2, 0.25) is 0 Å². The summed E-state index contributed by atoms with van der Waals surface area (Å²) >= 11 is 0. The van der Waals surface area contributed by atoms with Crippen LogP contribution in [0.15, 0.2) is 42.6 Å². The molecule has 6 heteroatoms. The molecular weight excluding hydrogens is 344 g/mol. The minimum Gasteiger partial charge on any atom is -0.465 e. The van der Waals surface area contributed by atoms with E-state index in [-0.39, 0.29) is 5.97 Å². The number of rotatable bonds is 4. The molecule has 142 valence electrons. The summed E-state index contributed by atoms with van der Waals surface area (Å²) in [6, 6.07) is 11.0. The molecule has 0 radical (unpaired) electrons. The Morgan fingerprint density at radius 2 is 1.67 bits per heavy atom. The van der Waals surface area contributed by atoms with Crippen LogP contribution >= 0.6 is 0 Å². The Kier molecular flexibility index (Phi) is 4.91. The quantitative estimate of drug-likeness (QED) is 0.824. The number of nitrogens with zero attached hydrogens (tertiary/aromatic N) is 1. The van der Waals surface area contributed by atoms with E-state index in [1.54, 1.807) is 18.3 Å². The maximum absolute atomic E-state index is 12.1. The summed E-state index contributed by atoms with van der Waals surface area (Å²) in [6.07, 6.45) is 3.03. The van der Waals surface area contributed by atoms with Gasteiger partial charge in [-0.2, -0.15) is 0 Å². The van der Waals surface area contributed by atoms with Crippen molar-refractivity contribution in [3.8, 4) is 11.1 Å². The highest BCUT2D eigenvalue weighted by atomic mass is 16.6. The summed E-state index contributed by atoms with van der Waals surface area (Å²) in [5.41, 5.74) is 2.24. The molecule has 0 spiro atoms. The average Bonchev–Trinajstić information content (AvgIpc) is 3.40. The molecule has 1 fully saturated rings. The standard InChI is InChI=1S/C21H24N2O4/c1-20(2,3)27-19(25)23-21(11-12-21)17-10-9-16(13-22-17)14-5-7-15(8-6-14)18(24)26-4/h5-10,13H,11-12H2,1-4H3,(H,23,25). The van der Waals surface area contributed by atoms with Crippen LogP contribution in [-0.2, 0) is 15.0 Å². The number of carbonyl (C=O) groups is 2. The van der Waals surface area contributed by atoms with Crippen LogP contribution in [0, 0.1) is 0 Å². The number of benzene rings is 1. The van der Waals surface area contributed by atoms with E-state index in [1.165, 1.54) is 7.11 Å². The van der Waals surface area contributed by atoms with Crippen LogP contribution in [0.25, 0.3) is 11.1 Å². The van der Waals surface area contributed by atoms with Crippen LogP contribution in [0.2, 0.25) is 0 Å². The minimum atomic E-state index is -0.534. The molecule has 0 aliphatic heterocycles. The van der Waals surface area contributed by atoms with Gasteiger partial charge in [0.05, 0.1) is 23.9 Å². The van der Waals surface area contributed by atoms with Gasteiger partial charge in [-0.05, 0) is 57.4 Å². The van der Waals surface area contributed by atoms with Gasteiger partial charge in [-0.25, -0.2) is 9.59 Å². The first-order valence-electron chi connectivity index (χ1n) is 8.89. The van der Waals surface area contributed by atoms with Crippen molar-refractivity contribution in [2.45, 2.75) is 44.8 Å². The van der Waals surface area contributed by atoms with Crippen molar-refractivity contribution in [1.82, 2.24) is 10.3 Å². The number of ether oxygens (including phenoxy) is 2. The molecular formula is C21H24N2O4. The number of methoxy groups -OCH3 is 1. The van der Waals surface area contributed by atoms with E-state index in [2.05, 4.69) is 10.3 Å². The third-order valence-electron chi connectivity index (χ3n) is 4.38. The maximum atomic E-state index is 12.1. The highest BCUT2D eigenvalue weighted by Crippen LogP contribution is 2.45. The first-order chi connectivity index (χ1) is 12.7. The van der Waals surface area contributed by atoms with Crippen molar-refractivity contribution in [3.63, 3.8) is 0 Å². The summed E-state index contributed by atoms with van der Waals surface area (Å²) in [7, 11) is 1.36. The monoisotopic (exact) mass is 368 g/mol. The molecule has 0 saturated heterocycles. The zero-order chi connectivity index (χ0) is 19.7. The predicted octanol–water partition coefficient (Wildman–Crippen LogP) is 4.05. The molecule has 6 nitrogen and oxygen atoms in total. The van der Waals surface area contributed by atoms with Gasteiger partial charge in [0.15, 0.2) is 0 Å². The molecule has 1 saturated carbocycles. The first-order valence-corrected chi connectivity index (χ1v) is 8.89. The van der Waals surface area contributed by atoms with Crippen molar-refractivity contribution in [2.75, 3.05) is 7.11 Å². The van der Waals surface area contributed by atoms with E-state index in [4.69, 9.17) is 9.47 Å². The second-order valence-electron chi connectivity index (χ2n) is 7.71. The van der Waals surface area contributed by atoms with Gasteiger partial charge >= 0.3 is 12.1 Å². The Bertz CT molecular complexity index is 832. The number of hydrogen-bond acceptors (Lipinski definition) is 5. The number of alkyl carbamates (subject to hydrolysis) is 1. The number of nitrogens with one attached hydrogen (secondary N) is 1. The molecule has 1 aromatic heterocycles. The summed E-state index contributed by atoms with van der Waals surface area (Å²) in [5.74, 6) is -0.362. The number of esters is 1. The Balaban J connectivity index is 1.72. The van der Waals surface area contributed by atoms with Crippen LogP contribution in [-0.4, -0.2) is 29.8 Å². The van der Waals surface area contributed by atoms with E-state index in [1.807, 2.05) is 45.0 Å². The lowest BCUT2D eigenvalue weighted by Crippen LogP contribution is -2.39. The van der Waals surface area contributed by atoms with Gasteiger partial charge in [0.25, 0.3) is 0 Å². The molecule has 0 bridgehead atoms. The summed E-state index contributed by atoms with van der Waals surface area (Å²) < 4.78 is 10.1. The van der Waals surface area contributed by atoms with E-state index in [0.717, 1.165) is 29.7 Å². The molecule has 1 aliphatic rings. The lowest BCUT2D eigenvalue weighted by Gasteiger charge is -2.23. The van der Waals surface area contributed by atoms with Crippen molar-refractivity contribution in [3.05, 3.63) is 53.9 Å². The molecule has 27 heavy (non-hydrogen) atoms. The summed E-state index contributed by atoms with van der Waals surface area (Å²) in [5, 5.41) is 2.95. The molecule has 1 aromatic carbocycles. The van der Waals surface area contributed by atoms with E-state index in [9.17, 15) is 9.59 Å². The van der Waals surface area contributed by atoms with Gasteiger partial charge < -0.3 is 14.8 Å². The van der Waals surface area contributed by atoms with Crippen molar-refractivity contribution >= 4 is 12.1 Å². The van der Waals surface area contributed by atoms with E-state index >= 15 is 0 Å². The molecule has 1 N–H and O–H groups in total. The van der Waals surface area contributed by atoms with Crippen LogP contribution in [0.5, 0.6) is 0 Å². The Labute approximate surface area is 158 Å². The zero-order valence-corrected chi connectivity index (χ0v) is 16.0. The van der Waals surface area contributed by atoms with Gasteiger partial charge in [-0.15, -0.1) is 0 Å². The largest absolute Gasteiger partial charge is 0.465 e. The van der Waals surface area contributed by atoms with E-state index < -0.39 is 17.2 Å². The van der Waals surface area contributed by atoms with Crippen LogP contribution in [0.4, 0.5) is 4.79 Å². The minimum absolute atomic E-state index is 0.362. The van der Waals surface area contributed by atoms with Gasteiger partial charge in [0.1, 0.15) is 5.60 Å². The van der Waals surface area contributed by atoms with Gasteiger partial charge in [0, 0.05) is 11.8 Å². The molecule has 2 aromatic rings. The fraction of sp³-hybridized carbons (Fsp3) is 0.381. The highest BCUT2D eigenvalue weighted by molar-refractivity contribution is 5.89. The van der Waals surface area contributed by atoms with E-state index in [0.29, 0.717) is 5.56 Å². The Hall–Kier alpha value is -2.89. The summed E-state index contributed by atoms with van der Waals surface area (Å²) in [6.45, 7) is 5.51. The van der Waals surface area contributed by atoms with Crippen molar-refractivity contribution in [1.29, 1.82) is 0 Å². The van der Waals surface area contributed by atoms with Gasteiger partial charge in [-0.3, -0.25) is 4.98 Å². The number of pyridine rings is 1. The van der Waals surface area contributed by atoms with Crippen molar-refractivity contribution in [2.24, 2.45) is 0 Å². The Morgan fingerprint density at radius 3 is 2.15 bits per heavy atom. The fourth-order valence-electron chi connectivity index (χ4n) is 2.83. The first kappa shape index (κ1) is 18.9. The second-order valence-corrected chi connectivity index (χ2v) is 7.71. The number of carbonyl (C=O) groups excluding carboxylic acids is 2. The number of aromatic nitrogens is 1. The van der Waals surface area contributed by atoms with Crippen LogP contribution in [0.1, 0.15) is 49.7 Å². The molecule has 3 rings (SSSR count). The highest BCUT2D eigenvalue weighted by Gasteiger charge is 2.47. The molecule has 1 aliphatic carbocycles. The van der Waals surface area contributed by atoms with Crippen LogP contribution in [0.3, 0.4) is 0 Å². The van der Waals surface area contributed by atoms with Crippen LogP contribution < -0.4 is 5.32 Å². The molecule has 1 heterocycles. The normalized spacial score (nSPS) is 15.0. The summed E-state index contributed by atoms with van der Waals surface area (Å²) in [4.78, 5) is 28.2. The fourth-order valence-corrected chi connectivity index (χ4v) is 2.83. The third kappa shape index (κ3) is 4.45. The smallest absolute Gasteiger partial charge is 0.408 e. The second kappa shape index (κ2) is 7.02. The lowest BCUT2D eigenvalue weighted by molar-refractivity contribution is 0.0493. The molecule has 0 atom stereocenters. The Morgan fingerprint density at radius 1 is 1.04 bits per heavy atom. The predicted molar refractivity (Wildman–Crippen MR) is 101 cm³/mol. The topological polar surface area (TPSA) is 77.5 Å². The number of amides is 1. The average molecular weight is 368 g/mol. The zero-order valence-electron chi connectivity index (χ0n) is 16.0. The SMILES string of the molecule is COC(=O)c1ccc(-c2ccc(C3(NC(=O)OC(C)(C)C)CC3)nc2)cc1. The third-order valence-corrected chi connectivity index (χ3v) is 4.38. The number of hydrogen-bond donors (Lipinski definition) is 1. The molecule has 1 amide bonds. The maximum Gasteiger partial charge on any atom is 0.408 e. The van der Waals surface area contributed by atoms with Crippen molar-refractivity contribution < 1.29 is 19.1 Å². The lowest BCUT2D eigenvalue weighted by atomic mass is 10.0. The van der Waals surface area contributed by atoms with Gasteiger partial charge in [-0.1, -0.05) is 18.2 Å². The molecule has 0 unspecified atom stereocenters.